The number of halogens is 2. The monoisotopic (exact) mass is 399 g/mol. The molecule has 26 heavy (non-hydrogen) atoms. The van der Waals surface area contributed by atoms with Crippen molar-refractivity contribution in [3.63, 3.8) is 0 Å². The number of rotatable bonds is 7. The van der Waals surface area contributed by atoms with E-state index in [4.69, 9.17) is 32.7 Å². The van der Waals surface area contributed by atoms with Crippen LogP contribution in [0.4, 0.5) is 0 Å². The van der Waals surface area contributed by atoms with Crippen molar-refractivity contribution in [2.24, 2.45) is 5.92 Å². The van der Waals surface area contributed by atoms with E-state index in [1.165, 1.54) is 14.2 Å². The van der Waals surface area contributed by atoms with Crippen LogP contribution in [0.25, 0.3) is 0 Å². The summed E-state index contributed by atoms with van der Waals surface area (Å²) < 4.78 is 9.62. The molecule has 5 nitrogen and oxygen atoms in total. The molecule has 0 saturated carbocycles. The van der Waals surface area contributed by atoms with Crippen LogP contribution in [-0.2, 0) is 19.1 Å². The molecule has 0 amide bonds. The summed E-state index contributed by atoms with van der Waals surface area (Å²) in [5, 5.41) is 3.95. The number of methoxy groups -OCH3 is 2. The molecule has 7 heteroatoms. The average Bonchev–Trinajstić information content (AvgIpc) is 2.57. The van der Waals surface area contributed by atoms with Crippen LogP contribution >= 0.6 is 23.2 Å². The van der Waals surface area contributed by atoms with Crippen LogP contribution < -0.4 is 5.32 Å². The number of benzene rings is 1. The quantitative estimate of drug-likeness (QED) is 0.561. The van der Waals surface area contributed by atoms with E-state index in [1.807, 2.05) is 13.8 Å². The highest BCUT2D eigenvalue weighted by atomic mass is 35.5. The van der Waals surface area contributed by atoms with Gasteiger partial charge in [0.2, 0.25) is 0 Å². The smallest absolute Gasteiger partial charge is 0.323 e. The summed E-state index contributed by atoms with van der Waals surface area (Å²) in [4.78, 5) is 24.0. The lowest BCUT2D eigenvalue weighted by atomic mass is 10.0. The van der Waals surface area contributed by atoms with Crippen LogP contribution in [0.3, 0.4) is 0 Å². The Kier molecular flexibility index (Phi) is 9.50. The van der Waals surface area contributed by atoms with Crippen LogP contribution in [0.15, 0.2) is 18.2 Å². The van der Waals surface area contributed by atoms with Crippen molar-refractivity contribution >= 4 is 35.1 Å². The number of carbonyl (C=O) groups excluding carboxylic acids is 2. The minimum absolute atomic E-state index is 0.155. The maximum absolute atomic E-state index is 12.0. The first-order valence-electron chi connectivity index (χ1n) is 8.13. The Hall–Kier alpha value is -1.74. The third-order valence-corrected chi connectivity index (χ3v) is 3.92. The Morgan fingerprint density at radius 2 is 1.58 bits per heavy atom. The van der Waals surface area contributed by atoms with Gasteiger partial charge in [0.15, 0.2) is 0 Å². The van der Waals surface area contributed by atoms with Crippen molar-refractivity contribution in [1.82, 2.24) is 5.32 Å². The molecule has 0 aromatic heterocycles. The van der Waals surface area contributed by atoms with Crippen LogP contribution in [0.5, 0.6) is 0 Å². The maximum atomic E-state index is 12.0. The second kappa shape index (κ2) is 11.1. The normalized spacial score (nSPS) is 12.7. The minimum atomic E-state index is -0.759. The highest BCUT2D eigenvalue weighted by molar-refractivity contribution is 6.34. The number of nitrogens with one attached hydrogen (secondary N) is 1. The van der Waals surface area contributed by atoms with Crippen molar-refractivity contribution in [3.8, 4) is 11.8 Å². The molecule has 2 atom stereocenters. The van der Waals surface area contributed by atoms with Crippen molar-refractivity contribution < 1.29 is 19.1 Å². The molecule has 142 valence electrons. The van der Waals surface area contributed by atoms with Crippen LogP contribution in [0.1, 0.15) is 32.3 Å². The number of esters is 2. The Morgan fingerprint density at radius 1 is 1.04 bits per heavy atom. The van der Waals surface area contributed by atoms with E-state index in [2.05, 4.69) is 17.2 Å². The predicted octanol–water partition coefficient (Wildman–Crippen LogP) is 3.45. The van der Waals surface area contributed by atoms with Crippen molar-refractivity contribution in [2.75, 3.05) is 14.2 Å². The predicted molar refractivity (Wildman–Crippen MR) is 102 cm³/mol. The molecule has 0 spiro atoms. The molecular formula is C19H23Cl2NO4. The molecule has 0 fully saturated rings. The molecule has 0 aliphatic carbocycles. The summed E-state index contributed by atoms with van der Waals surface area (Å²) in [7, 11) is 2.60. The first-order valence-corrected chi connectivity index (χ1v) is 8.89. The van der Waals surface area contributed by atoms with Gasteiger partial charge in [-0.2, -0.15) is 0 Å². The second-order valence-corrected chi connectivity index (χ2v) is 6.98. The molecule has 0 radical (unpaired) electrons. The van der Waals surface area contributed by atoms with Gasteiger partial charge in [-0.15, -0.1) is 0 Å². The third-order valence-electron chi connectivity index (χ3n) is 3.48. The van der Waals surface area contributed by atoms with Gasteiger partial charge in [-0.3, -0.25) is 14.9 Å². The fraction of sp³-hybridized carbons (Fsp3) is 0.474. The first kappa shape index (κ1) is 22.3. The zero-order valence-corrected chi connectivity index (χ0v) is 16.8. The lowest BCUT2D eigenvalue weighted by Gasteiger charge is -2.22. The van der Waals surface area contributed by atoms with E-state index >= 15 is 0 Å². The fourth-order valence-electron chi connectivity index (χ4n) is 2.32. The summed E-state index contributed by atoms with van der Waals surface area (Å²) in [6.07, 6.45) is 0.680. The molecule has 0 saturated heterocycles. The molecule has 0 heterocycles. The molecule has 0 aliphatic heterocycles. The van der Waals surface area contributed by atoms with Gasteiger partial charge in [0, 0.05) is 22.0 Å². The summed E-state index contributed by atoms with van der Waals surface area (Å²) in [6, 6.07) is 3.59. The second-order valence-electron chi connectivity index (χ2n) is 6.11. The van der Waals surface area contributed by atoms with Crippen LogP contribution in [0.2, 0.25) is 10.0 Å². The first-order chi connectivity index (χ1) is 12.3. The van der Waals surface area contributed by atoms with Gasteiger partial charge >= 0.3 is 11.9 Å². The number of carbonyl (C=O) groups is 2. The summed E-state index contributed by atoms with van der Waals surface area (Å²) in [5.74, 6) is 5.13. The molecule has 1 unspecified atom stereocenters. The largest absolute Gasteiger partial charge is 0.468 e. The number of hydrogen-bond acceptors (Lipinski definition) is 5. The van der Waals surface area contributed by atoms with E-state index in [9.17, 15) is 9.59 Å². The van der Waals surface area contributed by atoms with Crippen LogP contribution in [-0.4, -0.2) is 38.2 Å². The standard InChI is InChI=1S/C19H23Cl2NO4/c1-12(2)8-17(19(24)26-4)22-16(18(23)25-3)7-5-6-13-9-14(20)11-15(21)10-13/h9-12,16-17,22H,7-8H2,1-4H3/t16-,17?/m0/s1. The van der Waals surface area contributed by atoms with Gasteiger partial charge in [0.05, 0.1) is 14.2 Å². The van der Waals surface area contributed by atoms with Gasteiger partial charge in [-0.05, 0) is 30.5 Å². The highest BCUT2D eigenvalue weighted by Crippen LogP contribution is 2.18. The molecule has 0 bridgehead atoms. The van der Waals surface area contributed by atoms with Gasteiger partial charge in [0.1, 0.15) is 12.1 Å². The number of ether oxygens (including phenoxy) is 2. The van der Waals surface area contributed by atoms with Gasteiger partial charge < -0.3 is 9.47 Å². The summed E-state index contributed by atoms with van der Waals surface area (Å²) in [6.45, 7) is 3.96. The van der Waals surface area contributed by atoms with Crippen molar-refractivity contribution in [2.45, 2.75) is 38.8 Å². The Bertz CT molecular complexity index is 674. The molecule has 1 aromatic rings. The summed E-state index contributed by atoms with van der Waals surface area (Å²) in [5.41, 5.74) is 0.637. The minimum Gasteiger partial charge on any atom is -0.468 e. The third kappa shape index (κ3) is 7.65. The van der Waals surface area contributed by atoms with E-state index in [1.54, 1.807) is 18.2 Å². The number of hydrogen-bond donors (Lipinski definition) is 1. The van der Waals surface area contributed by atoms with Crippen molar-refractivity contribution in [3.05, 3.63) is 33.8 Å². The fourth-order valence-corrected chi connectivity index (χ4v) is 2.85. The molecule has 1 rings (SSSR count). The molecule has 1 aromatic carbocycles. The Morgan fingerprint density at radius 3 is 2.08 bits per heavy atom. The molecular weight excluding hydrogens is 377 g/mol. The lowest BCUT2D eigenvalue weighted by Crippen LogP contribution is -2.48. The van der Waals surface area contributed by atoms with E-state index in [0.717, 1.165) is 0 Å². The average molecular weight is 400 g/mol. The molecule has 0 aliphatic rings. The SMILES string of the molecule is COC(=O)C(CC(C)C)N[C@@H](CC#Cc1cc(Cl)cc(Cl)c1)C(=O)OC. The van der Waals surface area contributed by atoms with Gasteiger partial charge in [0.25, 0.3) is 0 Å². The highest BCUT2D eigenvalue weighted by Gasteiger charge is 2.27. The van der Waals surface area contributed by atoms with Crippen LogP contribution in [0, 0.1) is 17.8 Å². The van der Waals surface area contributed by atoms with E-state index in [-0.39, 0.29) is 12.3 Å². The van der Waals surface area contributed by atoms with Crippen molar-refractivity contribution in [1.29, 1.82) is 0 Å². The molecule has 1 N–H and O–H groups in total. The van der Waals surface area contributed by atoms with E-state index < -0.39 is 24.0 Å². The topological polar surface area (TPSA) is 64.6 Å². The zero-order chi connectivity index (χ0) is 19.7. The Labute approximate surface area is 164 Å². The Balaban J connectivity index is 2.91. The maximum Gasteiger partial charge on any atom is 0.323 e. The zero-order valence-electron chi connectivity index (χ0n) is 15.3. The lowest BCUT2D eigenvalue weighted by molar-refractivity contribution is -0.146. The summed E-state index contributed by atoms with van der Waals surface area (Å²) >= 11 is 11.9. The van der Waals surface area contributed by atoms with Gasteiger partial charge in [-0.1, -0.05) is 48.9 Å². The van der Waals surface area contributed by atoms with Gasteiger partial charge in [-0.25, -0.2) is 0 Å². The van der Waals surface area contributed by atoms with E-state index in [0.29, 0.717) is 22.0 Å².